The topological polar surface area (TPSA) is 232 Å². The fourth-order valence-electron chi connectivity index (χ4n) is 6.84. The van der Waals surface area contributed by atoms with Crippen LogP contribution in [0.25, 0.3) is 44.7 Å². The van der Waals surface area contributed by atoms with Gasteiger partial charge in [-0.1, -0.05) is 69.0 Å². The number of fused-ring (bicyclic) bond motifs is 2. The minimum atomic E-state index is -0.499. The zero-order chi connectivity index (χ0) is 51.6. The molecule has 9 rings (SSSR count). The zero-order valence-corrected chi connectivity index (χ0v) is 41.4. The Labute approximate surface area is 414 Å². The van der Waals surface area contributed by atoms with Gasteiger partial charge in [0, 0.05) is 36.3 Å². The Morgan fingerprint density at radius 3 is 1.93 bits per heavy atom. The number of rotatable bonds is 11. The Morgan fingerprint density at radius 2 is 1.34 bits per heavy atom. The number of aliphatic hydroxyl groups excluding tert-OH is 1. The number of hydrogen-bond donors (Lipinski definition) is 2. The molecule has 0 amide bonds. The van der Waals surface area contributed by atoms with Gasteiger partial charge in [0.15, 0.2) is 11.4 Å². The number of nitro groups is 1. The van der Waals surface area contributed by atoms with Crippen LogP contribution in [0.3, 0.4) is 0 Å². The maximum absolute atomic E-state index is 10.3. The first kappa shape index (κ1) is 53.6. The number of hydrogen-bond acceptors (Lipinski definition) is 16. The number of ether oxygens (including phenoxy) is 4. The van der Waals surface area contributed by atoms with Crippen molar-refractivity contribution in [1.29, 1.82) is 0 Å². The van der Waals surface area contributed by atoms with E-state index in [9.17, 15) is 20.1 Å². The van der Waals surface area contributed by atoms with E-state index < -0.39 is 4.92 Å². The van der Waals surface area contributed by atoms with E-state index in [1.165, 1.54) is 13.8 Å². The van der Waals surface area contributed by atoms with Gasteiger partial charge >= 0.3 is 11.2 Å². The van der Waals surface area contributed by atoms with Gasteiger partial charge in [-0.25, -0.2) is 4.98 Å². The lowest BCUT2D eigenvalue weighted by atomic mass is 10.1. The van der Waals surface area contributed by atoms with Crippen LogP contribution in [-0.4, -0.2) is 77.0 Å². The Bertz CT molecular complexity index is 3180. The monoisotopic (exact) mass is 989 g/mol. The van der Waals surface area contributed by atoms with Gasteiger partial charge in [-0.2, -0.15) is 0 Å². The van der Waals surface area contributed by atoms with Crippen molar-refractivity contribution < 1.29 is 57.3 Å². The lowest BCUT2D eigenvalue weighted by molar-refractivity contribution is -0.876. The maximum Gasteiger partial charge on any atom is 0.334 e. The highest BCUT2D eigenvalue weighted by Gasteiger charge is 2.24. The van der Waals surface area contributed by atoms with E-state index in [1.807, 2.05) is 105 Å². The molecule has 19 heteroatoms. The zero-order valence-electron chi connectivity index (χ0n) is 40.6. The predicted molar refractivity (Wildman–Crippen MR) is 266 cm³/mol. The summed E-state index contributed by atoms with van der Waals surface area (Å²) in [6.07, 6.45) is 2.03. The number of halogens is 1. The van der Waals surface area contributed by atoms with Gasteiger partial charge < -0.3 is 42.4 Å². The third-order valence-corrected chi connectivity index (χ3v) is 10.7. The number of benzene rings is 4. The van der Waals surface area contributed by atoms with Crippen LogP contribution in [0.4, 0.5) is 5.69 Å². The van der Waals surface area contributed by atoms with Crippen LogP contribution in [0.5, 0.6) is 23.0 Å². The van der Waals surface area contributed by atoms with Gasteiger partial charge in [-0.3, -0.25) is 15.3 Å². The van der Waals surface area contributed by atoms with Gasteiger partial charge in [0.2, 0.25) is 16.9 Å². The summed E-state index contributed by atoms with van der Waals surface area (Å²) in [5, 5.41) is 40.8. The molecular formula is C52H54ClN6O12+. The summed E-state index contributed by atoms with van der Waals surface area (Å²) in [7, 11) is 6.50. The Morgan fingerprint density at radius 1 is 0.718 bits per heavy atom. The van der Waals surface area contributed by atoms with Crippen LogP contribution < -0.4 is 23.7 Å². The molecule has 370 valence electrons. The number of methoxy groups -OCH3 is 4. The minimum absolute atomic E-state index is 0.0278. The molecule has 2 N–H and O–H groups in total. The molecule has 18 nitrogen and oxygen atoms in total. The van der Waals surface area contributed by atoms with Gasteiger partial charge in [-0.05, 0) is 112 Å². The number of carbonyl (C=O) groups is 1. The molecule has 0 saturated carbocycles. The molecular weight excluding hydrogens is 936 g/mol. The second kappa shape index (κ2) is 25.9. The molecule has 0 bridgehead atoms. The summed E-state index contributed by atoms with van der Waals surface area (Å²) in [5.74, 6) is 3.38. The summed E-state index contributed by atoms with van der Waals surface area (Å²) in [5.41, 5.74) is 10.3. The first-order valence-electron chi connectivity index (χ1n) is 21.8. The highest BCUT2D eigenvalue weighted by Crippen LogP contribution is 2.35. The molecule has 5 aromatic heterocycles. The molecule has 5 heterocycles. The highest BCUT2D eigenvalue weighted by molar-refractivity contribution is 6.35. The number of nitrogens with zero attached hydrogens (tertiary/aromatic N) is 6. The standard InChI is InChI=1S/C15H13ClN2O2.C14H13N2O3.C9H12O2.C9H10O2.C5H6N2O3/c1-8-4-5-13(19-3)10(6-8)12-7-11(16)15-14(17-12)9(2)18-20-15;1-9-14-13(19-15-9)7-6-12(16(14)17)10-4-3-5-11(8-10)18-2;2*1-11-9-4-2-3-8(7-9)5-6-10;1-3-5(7(8)9)4(2)10-6-3/h4-7H,1-3H3;3-8,17H,1-2H3;2-4,7,10H,5-6H2,1H3;2-4,6-7H,5H2,1H3;1-2H3/q;+1;;;. The largest absolute Gasteiger partial charge is 0.497 e. The fraction of sp³-hybridized carbons (Fsp3) is 0.231. The van der Waals surface area contributed by atoms with E-state index in [1.54, 1.807) is 53.6 Å². The van der Waals surface area contributed by atoms with E-state index in [2.05, 4.69) is 25.0 Å². The van der Waals surface area contributed by atoms with Gasteiger partial charge in [-0.15, -0.1) is 0 Å². The van der Waals surface area contributed by atoms with Crippen LogP contribution in [0.15, 0.2) is 123 Å². The van der Waals surface area contributed by atoms with Crippen molar-refractivity contribution in [2.45, 2.75) is 47.5 Å². The molecule has 0 radical (unpaired) electrons. The van der Waals surface area contributed by atoms with Crippen molar-refractivity contribution in [3.05, 3.63) is 164 Å². The molecule has 0 aliphatic carbocycles. The molecule has 0 unspecified atom stereocenters. The molecule has 9 aromatic rings. The summed E-state index contributed by atoms with van der Waals surface area (Å²) in [6.45, 7) is 8.88. The second-order valence-corrected chi connectivity index (χ2v) is 15.8. The first-order chi connectivity index (χ1) is 34.2. The lowest BCUT2D eigenvalue weighted by Crippen LogP contribution is -2.33. The first-order valence-corrected chi connectivity index (χ1v) is 22.1. The van der Waals surface area contributed by atoms with Crippen molar-refractivity contribution >= 4 is 45.8 Å². The molecule has 0 aliphatic heterocycles. The van der Waals surface area contributed by atoms with Crippen molar-refractivity contribution in [1.82, 2.24) is 20.5 Å². The number of aromatic nitrogens is 5. The maximum atomic E-state index is 10.3. The van der Waals surface area contributed by atoms with E-state index >= 15 is 0 Å². The van der Waals surface area contributed by atoms with Crippen LogP contribution in [0, 0.1) is 44.7 Å². The summed E-state index contributed by atoms with van der Waals surface area (Å²) < 4.78 is 36.5. The van der Waals surface area contributed by atoms with Crippen LogP contribution in [-0.2, 0) is 17.6 Å². The number of pyridine rings is 2. The molecule has 0 aliphatic rings. The number of aliphatic hydroxyl groups is 1. The molecule has 71 heavy (non-hydrogen) atoms. The van der Waals surface area contributed by atoms with Crippen molar-refractivity contribution in [3.63, 3.8) is 0 Å². The van der Waals surface area contributed by atoms with Crippen molar-refractivity contribution in [2.75, 3.05) is 35.0 Å². The van der Waals surface area contributed by atoms with E-state index in [4.69, 9.17) is 44.7 Å². The van der Waals surface area contributed by atoms with E-state index in [0.717, 1.165) is 73.2 Å². The Balaban J connectivity index is 0.000000171. The third-order valence-electron chi connectivity index (χ3n) is 10.4. The number of aryl methyl sites for hydroxylation is 5. The average Bonchev–Trinajstić information content (AvgIpc) is 4.07. The summed E-state index contributed by atoms with van der Waals surface area (Å²) in [4.78, 5) is 24.4. The van der Waals surface area contributed by atoms with Gasteiger partial charge in [0.25, 0.3) is 5.69 Å². The highest BCUT2D eigenvalue weighted by atomic mass is 35.5. The second-order valence-electron chi connectivity index (χ2n) is 15.4. The molecule has 0 saturated heterocycles. The molecule has 0 spiro atoms. The molecule has 0 fully saturated rings. The van der Waals surface area contributed by atoms with Gasteiger partial charge in [0.1, 0.15) is 40.5 Å². The smallest absolute Gasteiger partial charge is 0.334 e. The quantitative estimate of drug-likeness (QED) is 0.0403. The fourth-order valence-corrected chi connectivity index (χ4v) is 7.07. The molecule has 4 aromatic carbocycles. The van der Waals surface area contributed by atoms with Gasteiger partial charge in [0.05, 0.1) is 49.6 Å². The van der Waals surface area contributed by atoms with E-state index in [0.29, 0.717) is 57.1 Å². The minimum Gasteiger partial charge on any atom is -0.497 e. The Kier molecular flexibility index (Phi) is 19.5. The van der Waals surface area contributed by atoms with Crippen molar-refractivity contribution in [3.8, 4) is 45.5 Å². The predicted octanol–water partition coefficient (Wildman–Crippen LogP) is 10.4. The Hall–Kier alpha value is -8.35. The summed E-state index contributed by atoms with van der Waals surface area (Å²) >= 11 is 6.25. The van der Waals surface area contributed by atoms with Crippen molar-refractivity contribution in [2.24, 2.45) is 0 Å². The van der Waals surface area contributed by atoms with E-state index in [-0.39, 0.29) is 18.1 Å². The van der Waals surface area contributed by atoms with Crippen LogP contribution in [0.2, 0.25) is 5.02 Å². The van der Waals surface area contributed by atoms with Crippen LogP contribution >= 0.6 is 11.6 Å². The molecule has 0 atom stereocenters. The average molecular weight is 990 g/mol. The summed E-state index contributed by atoms with van der Waals surface area (Å²) in [6, 6.07) is 34.0. The lowest BCUT2D eigenvalue weighted by Gasteiger charge is -2.09. The third kappa shape index (κ3) is 14.1. The normalized spacial score (nSPS) is 10.3. The number of aldehydes is 1. The number of carbonyl (C=O) groups excluding carboxylic acids is 1. The SMILES string of the molecule is COc1ccc(C)cc1-c1cc(Cl)c2onc(C)c2n1.COc1cccc(-c2ccc3onc(C)c3[n+]2O)c1.COc1cccc(CC=O)c1.COc1cccc(CCO)c1.Cc1noc(C)c1[N+](=O)[O-]. The van der Waals surface area contributed by atoms with Crippen LogP contribution in [0.1, 0.15) is 39.5 Å².